The molecule has 0 radical (unpaired) electrons. The van der Waals surface area contributed by atoms with Crippen LogP contribution in [-0.2, 0) is 35.2 Å². The second-order valence-corrected chi connectivity index (χ2v) is 12.0. The Balaban J connectivity index is 2.89. The van der Waals surface area contributed by atoms with Crippen molar-refractivity contribution < 1.29 is 44.1 Å². The van der Waals surface area contributed by atoms with Crippen LogP contribution in [0, 0.1) is 5.92 Å². The van der Waals surface area contributed by atoms with E-state index in [1.807, 2.05) is 32.0 Å². The monoisotopic (exact) mass is 693 g/mol. The molecule has 18 heteroatoms. The van der Waals surface area contributed by atoms with Crippen LogP contribution in [0.2, 0.25) is 0 Å². The van der Waals surface area contributed by atoms with Gasteiger partial charge in [0.2, 0.25) is 29.5 Å². The van der Waals surface area contributed by atoms with Crippen LogP contribution in [0.25, 0.3) is 0 Å². The third-order valence-corrected chi connectivity index (χ3v) is 7.17. The lowest BCUT2D eigenvalue weighted by Crippen LogP contribution is -2.61. The SMILES string of the molecule is CC(C)C[C@H](NC(=O)[C@@H](N)Cc1ccccc1)C(=O)N[C@H](C(=O)N[C@@H](CO)C(=O)N[C@@H](C)C(=O)N[C@@H](CCCN=C(N)N)C(=O)O)[C@@H](C)O. The molecule has 49 heavy (non-hydrogen) atoms. The highest BCUT2D eigenvalue weighted by atomic mass is 16.4. The number of aliphatic imine (C=N–C) groups is 1. The Morgan fingerprint density at radius 1 is 0.776 bits per heavy atom. The first-order chi connectivity index (χ1) is 23.0. The number of amides is 5. The number of guanidine groups is 1. The zero-order valence-electron chi connectivity index (χ0n) is 28.2. The quantitative estimate of drug-likeness (QED) is 0.0340. The summed E-state index contributed by atoms with van der Waals surface area (Å²) in [5.74, 6) is -5.87. The lowest BCUT2D eigenvalue weighted by Gasteiger charge is -2.27. The highest BCUT2D eigenvalue weighted by molar-refractivity contribution is 5.96. The number of carboxylic acids is 1. The Bertz CT molecular complexity index is 1290. The number of hydrogen-bond acceptors (Lipinski definition) is 10. The Labute approximate surface area is 285 Å². The third-order valence-electron chi connectivity index (χ3n) is 7.17. The normalized spacial score (nSPS) is 15.3. The smallest absolute Gasteiger partial charge is 0.326 e. The van der Waals surface area contributed by atoms with Crippen molar-refractivity contribution in [1.29, 1.82) is 0 Å². The van der Waals surface area contributed by atoms with Crippen molar-refractivity contribution in [2.24, 2.45) is 28.1 Å². The zero-order chi connectivity index (χ0) is 37.3. The van der Waals surface area contributed by atoms with E-state index in [0.29, 0.717) is 0 Å². The molecule has 5 amide bonds. The number of nitrogens with one attached hydrogen (secondary N) is 5. The van der Waals surface area contributed by atoms with Crippen molar-refractivity contribution >= 4 is 41.5 Å². The molecular weight excluding hydrogens is 642 g/mol. The van der Waals surface area contributed by atoms with E-state index in [1.54, 1.807) is 12.1 Å². The van der Waals surface area contributed by atoms with Gasteiger partial charge < -0.3 is 59.1 Å². The maximum absolute atomic E-state index is 13.3. The summed E-state index contributed by atoms with van der Waals surface area (Å²) in [5, 5.41) is 41.4. The Hall–Kier alpha value is -4.81. The lowest BCUT2D eigenvalue weighted by atomic mass is 10.0. The van der Waals surface area contributed by atoms with Gasteiger partial charge in [0, 0.05) is 6.54 Å². The molecule has 0 aliphatic carbocycles. The van der Waals surface area contributed by atoms with Crippen molar-refractivity contribution in [1.82, 2.24) is 26.6 Å². The molecule has 0 saturated heterocycles. The average molecular weight is 694 g/mol. The number of rotatable bonds is 21. The molecule has 0 aliphatic rings. The van der Waals surface area contributed by atoms with E-state index in [-0.39, 0.29) is 44.1 Å². The first kappa shape index (κ1) is 42.2. The van der Waals surface area contributed by atoms with Crippen molar-refractivity contribution in [2.75, 3.05) is 13.2 Å². The van der Waals surface area contributed by atoms with Crippen molar-refractivity contribution in [3.8, 4) is 0 Å². The molecule has 0 spiro atoms. The van der Waals surface area contributed by atoms with Crippen LogP contribution in [0.15, 0.2) is 35.3 Å². The molecule has 1 aromatic rings. The second kappa shape index (κ2) is 21.2. The molecule has 7 atom stereocenters. The van der Waals surface area contributed by atoms with Crippen LogP contribution in [0.4, 0.5) is 0 Å². The molecule has 0 saturated carbocycles. The van der Waals surface area contributed by atoms with Gasteiger partial charge in [-0.25, -0.2) is 4.79 Å². The Morgan fingerprint density at radius 3 is 1.88 bits per heavy atom. The molecule has 0 heterocycles. The van der Waals surface area contributed by atoms with Gasteiger partial charge in [0.05, 0.1) is 18.8 Å². The maximum atomic E-state index is 13.3. The van der Waals surface area contributed by atoms with E-state index in [4.69, 9.17) is 17.2 Å². The van der Waals surface area contributed by atoms with Crippen LogP contribution in [-0.4, -0.2) is 112 Å². The number of nitrogens with two attached hydrogens (primary N) is 3. The van der Waals surface area contributed by atoms with Gasteiger partial charge in [-0.3, -0.25) is 29.0 Å². The van der Waals surface area contributed by atoms with E-state index in [1.165, 1.54) is 13.8 Å². The van der Waals surface area contributed by atoms with Crippen LogP contribution < -0.4 is 43.8 Å². The molecule has 0 unspecified atom stereocenters. The fourth-order valence-corrected chi connectivity index (χ4v) is 4.49. The van der Waals surface area contributed by atoms with Gasteiger partial charge in [-0.05, 0) is 51.0 Å². The molecule has 0 bridgehead atoms. The third kappa shape index (κ3) is 15.8. The molecule has 1 aromatic carbocycles. The van der Waals surface area contributed by atoms with Gasteiger partial charge in [0.15, 0.2) is 5.96 Å². The predicted octanol–water partition coefficient (Wildman–Crippen LogP) is -3.44. The number of carbonyl (C=O) groups is 6. The van der Waals surface area contributed by atoms with Gasteiger partial charge in [-0.1, -0.05) is 44.2 Å². The number of nitrogens with zero attached hydrogens (tertiary/aromatic N) is 1. The summed E-state index contributed by atoms with van der Waals surface area (Å²) >= 11 is 0. The maximum Gasteiger partial charge on any atom is 0.326 e. The minimum absolute atomic E-state index is 0.0114. The number of aliphatic carboxylic acids is 1. The van der Waals surface area contributed by atoms with Crippen LogP contribution in [0.5, 0.6) is 0 Å². The summed E-state index contributed by atoms with van der Waals surface area (Å²) in [5.41, 5.74) is 17.4. The molecule has 0 fully saturated rings. The van der Waals surface area contributed by atoms with Gasteiger partial charge in [0.25, 0.3) is 0 Å². The Kier molecular flexibility index (Phi) is 18.3. The Morgan fingerprint density at radius 2 is 1.35 bits per heavy atom. The zero-order valence-corrected chi connectivity index (χ0v) is 28.2. The van der Waals surface area contributed by atoms with Gasteiger partial charge in [0.1, 0.15) is 30.2 Å². The lowest BCUT2D eigenvalue weighted by molar-refractivity contribution is -0.142. The molecular formula is C31H51N9O9. The highest BCUT2D eigenvalue weighted by Gasteiger charge is 2.34. The topological polar surface area (TPSA) is 314 Å². The predicted molar refractivity (Wildman–Crippen MR) is 179 cm³/mol. The van der Waals surface area contributed by atoms with Gasteiger partial charge in [-0.2, -0.15) is 0 Å². The number of hydrogen-bond donors (Lipinski definition) is 11. The summed E-state index contributed by atoms with van der Waals surface area (Å²) in [6.07, 6.45) is -0.867. The van der Waals surface area contributed by atoms with E-state index in [9.17, 15) is 44.1 Å². The molecule has 0 aromatic heterocycles. The summed E-state index contributed by atoms with van der Waals surface area (Å²) < 4.78 is 0. The van der Waals surface area contributed by atoms with Gasteiger partial charge >= 0.3 is 5.97 Å². The number of carboxylic acid groups (broad SMARTS) is 1. The van der Waals surface area contributed by atoms with Crippen LogP contribution in [0.3, 0.4) is 0 Å². The van der Waals surface area contributed by atoms with Crippen molar-refractivity contribution in [3.63, 3.8) is 0 Å². The summed E-state index contributed by atoms with van der Waals surface area (Å²) in [6, 6.07) is 1.10. The van der Waals surface area contributed by atoms with E-state index < -0.39 is 84.5 Å². The molecule has 14 N–H and O–H groups in total. The number of carbonyl (C=O) groups excluding carboxylic acids is 5. The van der Waals surface area contributed by atoms with E-state index >= 15 is 0 Å². The van der Waals surface area contributed by atoms with Crippen LogP contribution in [0.1, 0.15) is 52.5 Å². The largest absolute Gasteiger partial charge is 0.480 e. The number of benzene rings is 1. The summed E-state index contributed by atoms with van der Waals surface area (Å²) in [4.78, 5) is 80.1. The first-order valence-electron chi connectivity index (χ1n) is 15.8. The first-order valence-corrected chi connectivity index (χ1v) is 15.8. The van der Waals surface area contributed by atoms with E-state index in [2.05, 4.69) is 31.6 Å². The van der Waals surface area contributed by atoms with Crippen molar-refractivity contribution in [3.05, 3.63) is 35.9 Å². The molecule has 0 aliphatic heterocycles. The standard InChI is InChI=1S/C31H51N9O9/c1-16(2)13-22(38-26(44)20(32)14-19-9-6-5-7-10-19)27(45)40-24(18(4)42)29(47)39-23(15-41)28(46)36-17(3)25(43)37-21(30(48)49)11-8-12-35-31(33)34/h5-7,9-10,16-18,20-24,41-42H,8,11-15,32H2,1-4H3,(H,36,46)(H,37,43)(H,38,44)(H,39,47)(H,40,45)(H,48,49)(H4,33,34,35)/t17-,18+,20-,21-,22-,23-,24-/m0/s1. The minimum atomic E-state index is -1.63. The minimum Gasteiger partial charge on any atom is -0.480 e. The van der Waals surface area contributed by atoms with Gasteiger partial charge in [-0.15, -0.1) is 0 Å². The van der Waals surface area contributed by atoms with Crippen molar-refractivity contribution in [2.45, 2.75) is 95.7 Å². The molecule has 18 nitrogen and oxygen atoms in total. The fraction of sp³-hybridized carbons (Fsp3) is 0.581. The van der Waals surface area contributed by atoms with Crippen LogP contribution >= 0.6 is 0 Å². The number of aliphatic hydroxyl groups is 2. The number of aliphatic hydroxyl groups excluding tert-OH is 2. The summed E-state index contributed by atoms with van der Waals surface area (Å²) in [7, 11) is 0. The summed E-state index contributed by atoms with van der Waals surface area (Å²) in [6.45, 7) is 5.31. The highest BCUT2D eigenvalue weighted by Crippen LogP contribution is 2.08. The second-order valence-electron chi connectivity index (χ2n) is 12.0. The molecule has 274 valence electrons. The van der Waals surface area contributed by atoms with E-state index in [0.717, 1.165) is 5.56 Å². The fourth-order valence-electron chi connectivity index (χ4n) is 4.49. The average Bonchev–Trinajstić information content (AvgIpc) is 3.02. The molecule has 1 rings (SSSR count).